The van der Waals surface area contributed by atoms with Gasteiger partial charge in [-0.15, -0.1) is 0 Å². The highest BCUT2D eigenvalue weighted by Gasteiger charge is 2.21. The topological polar surface area (TPSA) is 15.3 Å². The summed E-state index contributed by atoms with van der Waals surface area (Å²) in [4.78, 5) is 2.63. The molecule has 0 radical (unpaired) electrons. The zero-order valence-corrected chi connectivity index (χ0v) is 11.0. The molecule has 94 valence electrons. The maximum absolute atomic E-state index is 3.39. The van der Waals surface area contributed by atoms with Crippen LogP contribution in [0.2, 0.25) is 0 Å². The Labute approximate surface area is 105 Å². The van der Waals surface area contributed by atoms with E-state index in [1.165, 1.54) is 37.9 Å². The summed E-state index contributed by atoms with van der Waals surface area (Å²) in [6, 6.07) is 12.2. The Balaban J connectivity index is 1.83. The summed E-state index contributed by atoms with van der Waals surface area (Å²) in [6.45, 7) is 4.83. The Bertz CT molecular complexity index is 315. The molecule has 2 rings (SSSR count). The van der Waals surface area contributed by atoms with Crippen molar-refractivity contribution >= 4 is 0 Å². The fraction of sp³-hybridized carbons (Fsp3) is 0.600. The molecule has 2 heteroatoms. The van der Waals surface area contributed by atoms with Crippen LogP contribution in [0.25, 0.3) is 0 Å². The largest absolute Gasteiger partial charge is 0.317 e. The first-order chi connectivity index (χ1) is 8.29. The highest BCUT2D eigenvalue weighted by molar-refractivity contribution is 5.15. The number of piperidine rings is 1. The molecule has 0 aliphatic carbocycles. The fourth-order valence-corrected chi connectivity index (χ4v) is 2.71. The van der Waals surface area contributed by atoms with Gasteiger partial charge in [0.15, 0.2) is 0 Å². The molecule has 1 aliphatic heterocycles. The van der Waals surface area contributed by atoms with E-state index in [4.69, 9.17) is 0 Å². The van der Waals surface area contributed by atoms with E-state index in [0.29, 0.717) is 6.04 Å². The Morgan fingerprint density at radius 3 is 2.47 bits per heavy atom. The van der Waals surface area contributed by atoms with Crippen LogP contribution in [-0.4, -0.2) is 37.1 Å². The molecule has 1 unspecified atom stereocenters. The van der Waals surface area contributed by atoms with Crippen LogP contribution in [-0.2, 0) is 6.42 Å². The van der Waals surface area contributed by atoms with Gasteiger partial charge in [0.2, 0.25) is 0 Å². The van der Waals surface area contributed by atoms with Gasteiger partial charge in [-0.05, 0) is 51.9 Å². The Morgan fingerprint density at radius 1 is 1.24 bits per heavy atom. The van der Waals surface area contributed by atoms with E-state index >= 15 is 0 Å². The van der Waals surface area contributed by atoms with E-state index in [0.717, 1.165) is 6.04 Å². The lowest BCUT2D eigenvalue weighted by molar-refractivity contribution is 0.154. The smallest absolute Gasteiger partial charge is 0.0107 e. The molecule has 1 saturated heterocycles. The highest BCUT2D eigenvalue weighted by Crippen LogP contribution is 2.15. The molecule has 1 fully saturated rings. The van der Waals surface area contributed by atoms with Gasteiger partial charge in [0, 0.05) is 12.1 Å². The van der Waals surface area contributed by atoms with Crippen LogP contribution in [0.3, 0.4) is 0 Å². The van der Waals surface area contributed by atoms with Crippen LogP contribution in [0.15, 0.2) is 30.3 Å². The van der Waals surface area contributed by atoms with Crippen LogP contribution < -0.4 is 5.32 Å². The maximum atomic E-state index is 3.39. The van der Waals surface area contributed by atoms with Gasteiger partial charge in [-0.1, -0.05) is 30.3 Å². The van der Waals surface area contributed by atoms with Crippen LogP contribution >= 0.6 is 0 Å². The molecule has 17 heavy (non-hydrogen) atoms. The summed E-state index contributed by atoms with van der Waals surface area (Å²) in [7, 11) is 2.08. The number of hydrogen-bond donors (Lipinski definition) is 1. The minimum atomic E-state index is 0.662. The summed E-state index contributed by atoms with van der Waals surface area (Å²) in [5, 5.41) is 3.39. The third kappa shape index (κ3) is 3.55. The number of hydrogen-bond acceptors (Lipinski definition) is 2. The van der Waals surface area contributed by atoms with Gasteiger partial charge >= 0.3 is 0 Å². The van der Waals surface area contributed by atoms with Gasteiger partial charge in [-0.2, -0.15) is 0 Å². The Morgan fingerprint density at radius 2 is 1.88 bits per heavy atom. The number of nitrogens with zero attached hydrogens (tertiary/aromatic N) is 1. The number of likely N-dealkylation sites (tertiary alicyclic amines) is 1. The van der Waals surface area contributed by atoms with Crippen molar-refractivity contribution in [1.29, 1.82) is 0 Å². The summed E-state index contributed by atoms with van der Waals surface area (Å²) >= 11 is 0. The monoisotopic (exact) mass is 232 g/mol. The summed E-state index contributed by atoms with van der Waals surface area (Å²) in [5.74, 6) is 0. The molecular formula is C15H24N2. The normalized spacial score (nSPS) is 20.4. The summed E-state index contributed by atoms with van der Waals surface area (Å²) in [5.41, 5.74) is 1.45. The van der Waals surface area contributed by atoms with Gasteiger partial charge in [-0.3, -0.25) is 0 Å². The molecule has 0 amide bonds. The minimum absolute atomic E-state index is 0.662. The van der Waals surface area contributed by atoms with Crippen molar-refractivity contribution in [3.8, 4) is 0 Å². The predicted molar refractivity (Wildman–Crippen MR) is 73.3 cm³/mol. The van der Waals surface area contributed by atoms with Gasteiger partial charge in [0.25, 0.3) is 0 Å². The number of rotatable bonds is 4. The van der Waals surface area contributed by atoms with Crippen molar-refractivity contribution in [2.24, 2.45) is 0 Å². The highest BCUT2D eigenvalue weighted by atomic mass is 15.2. The van der Waals surface area contributed by atoms with E-state index in [-0.39, 0.29) is 0 Å². The number of nitrogens with one attached hydrogen (secondary N) is 1. The van der Waals surface area contributed by atoms with Gasteiger partial charge in [-0.25, -0.2) is 0 Å². The van der Waals surface area contributed by atoms with Crippen molar-refractivity contribution in [3.05, 3.63) is 35.9 Å². The maximum Gasteiger partial charge on any atom is 0.0107 e. The first kappa shape index (κ1) is 12.6. The van der Waals surface area contributed by atoms with E-state index in [1.807, 2.05) is 0 Å². The lowest BCUT2D eigenvalue weighted by atomic mass is 10.0. The third-order valence-corrected chi connectivity index (χ3v) is 3.94. The van der Waals surface area contributed by atoms with Crippen molar-refractivity contribution < 1.29 is 0 Å². The average Bonchev–Trinajstić information content (AvgIpc) is 2.40. The van der Waals surface area contributed by atoms with Crippen molar-refractivity contribution in [3.63, 3.8) is 0 Å². The predicted octanol–water partition coefficient (Wildman–Crippen LogP) is 2.30. The zero-order chi connectivity index (χ0) is 12.1. The van der Waals surface area contributed by atoms with Crippen molar-refractivity contribution in [2.45, 2.75) is 38.3 Å². The average molecular weight is 232 g/mol. The van der Waals surface area contributed by atoms with Gasteiger partial charge < -0.3 is 10.2 Å². The van der Waals surface area contributed by atoms with Crippen LogP contribution in [0.4, 0.5) is 0 Å². The van der Waals surface area contributed by atoms with Crippen molar-refractivity contribution in [2.75, 3.05) is 20.1 Å². The molecule has 1 aliphatic rings. The van der Waals surface area contributed by atoms with Crippen molar-refractivity contribution in [1.82, 2.24) is 10.2 Å². The van der Waals surface area contributed by atoms with E-state index in [2.05, 4.69) is 54.5 Å². The molecule has 0 bridgehead atoms. The summed E-state index contributed by atoms with van der Waals surface area (Å²) in [6.07, 6.45) is 3.75. The molecule has 0 aromatic heterocycles. The molecule has 1 atom stereocenters. The van der Waals surface area contributed by atoms with Crippen LogP contribution in [0, 0.1) is 0 Å². The fourth-order valence-electron chi connectivity index (χ4n) is 2.71. The zero-order valence-electron chi connectivity index (χ0n) is 11.0. The second-order valence-electron chi connectivity index (χ2n) is 5.14. The molecule has 2 nitrogen and oxygen atoms in total. The standard InChI is InChI=1S/C15H24N2/c1-13(12-14-6-4-3-5-7-14)17-10-8-15(16-2)9-11-17/h3-7,13,15-16H,8-12H2,1-2H3. The molecule has 1 N–H and O–H groups in total. The first-order valence-electron chi connectivity index (χ1n) is 6.75. The molecule has 1 aromatic rings. The van der Waals surface area contributed by atoms with Gasteiger partial charge in [0.1, 0.15) is 0 Å². The second kappa shape index (κ2) is 6.18. The van der Waals surface area contributed by atoms with E-state index in [9.17, 15) is 0 Å². The molecule has 0 saturated carbocycles. The van der Waals surface area contributed by atoms with Gasteiger partial charge in [0.05, 0.1) is 0 Å². The molecular weight excluding hydrogens is 208 g/mol. The summed E-state index contributed by atoms with van der Waals surface area (Å²) < 4.78 is 0. The van der Waals surface area contributed by atoms with Crippen LogP contribution in [0.1, 0.15) is 25.3 Å². The molecule has 0 spiro atoms. The van der Waals surface area contributed by atoms with E-state index < -0.39 is 0 Å². The quantitative estimate of drug-likeness (QED) is 0.857. The number of benzene rings is 1. The second-order valence-corrected chi connectivity index (χ2v) is 5.14. The minimum Gasteiger partial charge on any atom is -0.317 e. The molecule has 1 aromatic carbocycles. The van der Waals surface area contributed by atoms with E-state index in [1.54, 1.807) is 0 Å². The SMILES string of the molecule is CNC1CCN(C(C)Cc2ccccc2)CC1. The third-order valence-electron chi connectivity index (χ3n) is 3.94. The van der Waals surface area contributed by atoms with Crippen LogP contribution in [0.5, 0.6) is 0 Å². The lowest BCUT2D eigenvalue weighted by Crippen LogP contribution is -2.45. The lowest BCUT2D eigenvalue weighted by Gasteiger charge is -2.36. The Hall–Kier alpha value is -0.860. The molecule has 1 heterocycles. The Kier molecular flexibility index (Phi) is 4.57. The first-order valence-corrected chi connectivity index (χ1v) is 6.75.